The SMILES string of the molecule is CCCCc1ccc(N2CCN(S(=O)(=O)C3(C(=O)NO)CCN(c4ncccn4)CC3)CC2)nc1.Cl.Cl. The smallest absolute Gasteiger partial charge is 0.266 e. The van der Waals surface area contributed by atoms with Crippen LogP contribution in [0, 0.1) is 0 Å². The number of carbonyl (C=O) groups excluding carboxylic acids is 1. The maximum absolute atomic E-state index is 13.8. The first kappa shape index (κ1) is 31.0. The van der Waals surface area contributed by atoms with Crippen LogP contribution in [0.1, 0.15) is 38.2 Å². The van der Waals surface area contributed by atoms with Crippen molar-refractivity contribution >= 4 is 52.5 Å². The molecule has 4 heterocycles. The molecular weight excluding hydrogens is 541 g/mol. The number of hydroxylamine groups is 1. The Hall–Kier alpha value is -2.25. The van der Waals surface area contributed by atoms with Gasteiger partial charge in [-0.15, -0.1) is 24.8 Å². The molecule has 0 bridgehead atoms. The molecule has 0 atom stereocenters. The highest BCUT2D eigenvalue weighted by Gasteiger charge is 2.55. The lowest BCUT2D eigenvalue weighted by Gasteiger charge is -2.43. The second-order valence-corrected chi connectivity index (χ2v) is 11.2. The fourth-order valence-corrected chi connectivity index (χ4v) is 6.88. The van der Waals surface area contributed by atoms with Crippen molar-refractivity contribution in [2.75, 3.05) is 49.1 Å². The fraction of sp³-hybridized carbons (Fsp3) is 0.565. The van der Waals surface area contributed by atoms with Gasteiger partial charge in [0.1, 0.15) is 5.82 Å². The largest absolute Gasteiger partial charge is 0.354 e. The Balaban J connectivity index is 0.00000241. The average molecular weight is 577 g/mol. The zero-order chi connectivity index (χ0) is 24.9. The van der Waals surface area contributed by atoms with Crippen molar-refractivity contribution in [2.45, 2.75) is 43.8 Å². The van der Waals surface area contributed by atoms with Crippen LogP contribution in [-0.4, -0.2) is 82.8 Å². The topological polar surface area (TPSA) is 132 Å². The van der Waals surface area contributed by atoms with Crippen LogP contribution < -0.4 is 15.3 Å². The van der Waals surface area contributed by atoms with Crippen LogP contribution in [-0.2, 0) is 21.2 Å². The highest BCUT2D eigenvalue weighted by Crippen LogP contribution is 2.35. The summed E-state index contributed by atoms with van der Waals surface area (Å²) in [5.41, 5.74) is 2.81. The molecule has 2 aromatic heterocycles. The molecule has 2 fully saturated rings. The molecule has 0 radical (unpaired) electrons. The van der Waals surface area contributed by atoms with E-state index in [1.807, 2.05) is 17.2 Å². The van der Waals surface area contributed by atoms with Gasteiger partial charge in [-0.05, 0) is 43.4 Å². The van der Waals surface area contributed by atoms with E-state index in [-0.39, 0.29) is 63.8 Å². The molecule has 2 saturated heterocycles. The number of hydrogen-bond acceptors (Lipinski definition) is 9. The van der Waals surface area contributed by atoms with Crippen molar-refractivity contribution < 1.29 is 18.4 Å². The van der Waals surface area contributed by atoms with E-state index in [9.17, 15) is 18.4 Å². The Morgan fingerprint density at radius 2 is 1.65 bits per heavy atom. The molecule has 0 saturated carbocycles. The van der Waals surface area contributed by atoms with Gasteiger partial charge in [-0.1, -0.05) is 19.4 Å². The monoisotopic (exact) mass is 575 g/mol. The van der Waals surface area contributed by atoms with Crippen LogP contribution in [0.15, 0.2) is 36.8 Å². The number of amides is 1. The van der Waals surface area contributed by atoms with Crippen molar-refractivity contribution in [3.63, 3.8) is 0 Å². The summed E-state index contributed by atoms with van der Waals surface area (Å²) in [6.45, 7) is 4.16. The number of hydrogen-bond donors (Lipinski definition) is 2. The number of nitrogens with one attached hydrogen (secondary N) is 1. The number of pyridine rings is 1. The number of aryl methyl sites for hydroxylation is 1. The summed E-state index contributed by atoms with van der Waals surface area (Å²) in [6, 6.07) is 5.76. The molecule has 37 heavy (non-hydrogen) atoms. The predicted molar refractivity (Wildman–Crippen MR) is 146 cm³/mol. The van der Waals surface area contributed by atoms with Gasteiger partial charge in [0.2, 0.25) is 16.0 Å². The zero-order valence-corrected chi connectivity index (χ0v) is 23.3. The van der Waals surface area contributed by atoms with Gasteiger partial charge in [0, 0.05) is 57.9 Å². The predicted octanol–water partition coefficient (Wildman–Crippen LogP) is 2.05. The summed E-state index contributed by atoms with van der Waals surface area (Å²) >= 11 is 0. The van der Waals surface area contributed by atoms with Gasteiger partial charge in [0.25, 0.3) is 5.91 Å². The lowest BCUT2D eigenvalue weighted by molar-refractivity contribution is -0.132. The van der Waals surface area contributed by atoms with E-state index in [2.05, 4.69) is 32.8 Å². The summed E-state index contributed by atoms with van der Waals surface area (Å²) in [7, 11) is -4.04. The van der Waals surface area contributed by atoms with Gasteiger partial charge in [0.05, 0.1) is 0 Å². The summed E-state index contributed by atoms with van der Waals surface area (Å²) in [5.74, 6) is 0.420. The fourth-order valence-electron chi connectivity index (χ4n) is 4.76. The number of carbonyl (C=O) groups is 1. The van der Waals surface area contributed by atoms with Gasteiger partial charge in [-0.2, -0.15) is 4.31 Å². The highest BCUT2D eigenvalue weighted by molar-refractivity contribution is 7.91. The van der Waals surface area contributed by atoms with Crippen molar-refractivity contribution in [3.8, 4) is 0 Å². The molecule has 2 N–H and O–H groups in total. The van der Waals surface area contributed by atoms with Gasteiger partial charge < -0.3 is 9.80 Å². The van der Waals surface area contributed by atoms with Gasteiger partial charge >= 0.3 is 0 Å². The Kier molecular flexibility index (Phi) is 11.3. The van der Waals surface area contributed by atoms with Gasteiger partial charge in [-0.3, -0.25) is 10.0 Å². The number of anilines is 2. The Bertz CT molecular complexity index is 1090. The van der Waals surface area contributed by atoms with Crippen LogP contribution in [0.3, 0.4) is 0 Å². The Morgan fingerprint density at radius 1 is 1.00 bits per heavy atom. The number of unbranched alkanes of at least 4 members (excludes halogenated alkanes) is 1. The number of piperazine rings is 1. The third kappa shape index (κ3) is 6.43. The number of rotatable bonds is 8. The quantitative estimate of drug-likeness (QED) is 0.358. The summed E-state index contributed by atoms with van der Waals surface area (Å²) < 4.78 is 27.2. The van der Waals surface area contributed by atoms with E-state index in [1.54, 1.807) is 23.9 Å². The first-order chi connectivity index (χ1) is 16.9. The molecule has 14 heteroatoms. The molecule has 1 amide bonds. The second-order valence-electron chi connectivity index (χ2n) is 8.99. The van der Waals surface area contributed by atoms with Gasteiger partial charge in [0.15, 0.2) is 4.75 Å². The minimum Gasteiger partial charge on any atom is -0.354 e. The van der Waals surface area contributed by atoms with Crippen molar-refractivity contribution in [2.24, 2.45) is 0 Å². The Morgan fingerprint density at radius 3 is 2.19 bits per heavy atom. The first-order valence-corrected chi connectivity index (χ1v) is 13.5. The number of nitrogens with zero attached hydrogens (tertiary/aromatic N) is 6. The van der Waals surface area contributed by atoms with E-state index >= 15 is 0 Å². The number of piperidine rings is 1. The van der Waals surface area contributed by atoms with Gasteiger partial charge in [-0.25, -0.2) is 28.8 Å². The van der Waals surface area contributed by atoms with E-state index in [4.69, 9.17) is 0 Å². The van der Waals surface area contributed by atoms with Crippen molar-refractivity contribution in [1.82, 2.24) is 24.7 Å². The van der Waals surface area contributed by atoms with Crippen LogP contribution in [0.4, 0.5) is 11.8 Å². The summed E-state index contributed by atoms with van der Waals surface area (Å²) in [6.07, 6.45) is 8.44. The lowest BCUT2D eigenvalue weighted by atomic mass is 9.95. The number of sulfonamides is 1. The molecule has 2 aliphatic rings. The lowest BCUT2D eigenvalue weighted by Crippen LogP contribution is -2.63. The zero-order valence-electron chi connectivity index (χ0n) is 20.8. The molecule has 206 valence electrons. The van der Waals surface area contributed by atoms with Crippen molar-refractivity contribution in [1.29, 1.82) is 0 Å². The molecule has 0 unspecified atom stereocenters. The van der Waals surface area contributed by atoms with E-state index < -0.39 is 20.7 Å². The maximum Gasteiger partial charge on any atom is 0.266 e. The molecule has 0 spiro atoms. The van der Waals surface area contributed by atoms with Crippen LogP contribution in [0.5, 0.6) is 0 Å². The minimum atomic E-state index is -4.04. The molecule has 2 aliphatic heterocycles. The minimum absolute atomic E-state index is 0. The summed E-state index contributed by atoms with van der Waals surface area (Å²) in [4.78, 5) is 29.7. The normalized spacial score (nSPS) is 17.9. The standard InChI is InChI=1S/C23H33N7O4S.2ClH/c1-2-3-5-19-6-7-20(26-18-19)28-14-16-30(17-15-28)35(33,34)23(21(31)27-32)8-12-29(13-9-23)22-24-10-4-11-25-22;;/h4,6-7,10-11,18,32H,2-3,5,8-9,12-17H2,1H3,(H,27,31);2*1H. The number of aromatic nitrogens is 3. The molecule has 11 nitrogen and oxygen atoms in total. The van der Waals surface area contributed by atoms with E-state index in [0.29, 0.717) is 19.0 Å². The van der Waals surface area contributed by atoms with Crippen molar-refractivity contribution in [3.05, 3.63) is 42.4 Å². The van der Waals surface area contributed by atoms with E-state index in [0.717, 1.165) is 25.1 Å². The molecule has 2 aromatic rings. The molecule has 0 aromatic carbocycles. The van der Waals surface area contributed by atoms with Crippen LogP contribution in [0.2, 0.25) is 0 Å². The van der Waals surface area contributed by atoms with Crippen LogP contribution in [0.25, 0.3) is 0 Å². The third-order valence-corrected chi connectivity index (χ3v) is 9.57. The second kappa shape index (κ2) is 13.5. The van der Waals surface area contributed by atoms with E-state index in [1.165, 1.54) is 9.87 Å². The maximum atomic E-state index is 13.8. The molecule has 0 aliphatic carbocycles. The van der Waals surface area contributed by atoms with Crippen LogP contribution >= 0.6 is 24.8 Å². The molecular formula is C23H35Cl2N7O4S. The molecule has 4 rings (SSSR count). The average Bonchev–Trinajstić information content (AvgIpc) is 2.92. The highest BCUT2D eigenvalue weighted by atomic mass is 35.5. The first-order valence-electron chi connectivity index (χ1n) is 12.1. The Labute approximate surface area is 230 Å². The number of halogens is 2. The summed E-state index contributed by atoms with van der Waals surface area (Å²) in [5, 5.41) is 9.43. The third-order valence-electron chi connectivity index (χ3n) is 6.95.